The summed E-state index contributed by atoms with van der Waals surface area (Å²) in [6.07, 6.45) is 3.61. The van der Waals surface area contributed by atoms with Gasteiger partial charge < -0.3 is 15.0 Å². The van der Waals surface area contributed by atoms with Gasteiger partial charge in [-0.3, -0.25) is 0 Å². The van der Waals surface area contributed by atoms with Gasteiger partial charge in [0.25, 0.3) is 0 Å². The molecule has 1 aromatic carbocycles. The maximum Gasteiger partial charge on any atom is 0.119 e. The van der Waals surface area contributed by atoms with Crippen LogP contribution in [0.5, 0.6) is 5.75 Å². The third kappa shape index (κ3) is 3.58. The van der Waals surface area contributed by atoms with Crippen LogP contribution in [-0.4, -0.2) is 16.2 Å². The lowest BCUT2D eigenvalue weighted by Crippen LogP contribution is -2.32. The van der Waals surface area contributed by atoms with Crippen molar-refractivity contribution < 1.29 is 4.74 Å². The molecule has 0 radical (unpaired) electrons. The molecule has 0 bridgehead atoms. The van der Waals surface area contributed by atoms with Crippen LogP contribution in [-0.2, 0) is 12.1 Å². The molecule has 2 rings (SSSR count). The van der Waals surface area contributed by atoms with Crippen molar-refractivity contribution in [2.45, 2.75) is 32.9 Å². The van der Waals surface area contributed by atoms with Crippen LogP contribution < -0.4 is 10.5 Å². The van der Waals surface area contributed by atoms with Gasteiger partial charge in [-0.25, -0.2) is 4.98 Å². The van der Waals surface area contributed by atoms with Gasteiger partial charge >= 0.3 is 0 Å². The van der Waals surface area contributed by atoms with Crippen molar-refractivity contribution in [3.63, 3.8) is 0 Å². The zero-order valence-electron chi connectivity index (χ0n) is 11.8. The zero-order valence-corrected chi connectivity index (χ0v) is 11.8. The maximum atomic E-state index is 6.10. The van der Waals surface area contributed by atoms with Crippen LogP contribution >= 0.6 is 0 Å². The van der Waals surface area contributed by atoms with Crippen molar-refractivity contribution in [3.05, 3.63) is 48.0 Å². The Morgan fingerprint density at radius 1 is 1.37 bits per heavy atom. The van der Waals surface area contributed by atoms with Crippen LogP contribution in [0.3, 0.4) is 0 Å². The van der Waals surface area contributed by atoms with Crippen LogP contribution in [0.25, 0.3) is 0 Å². The van der Waals surface area contributed by atoms with Gasteiger partial charge in [0.05, 0.1) is 24.1 Å². The largest absolute Gasteiger partial charge is 0.492 e. The van der Waals surface area contributed by atoms with Crippen LogP contribution in [0.15, 0.2) is 36.8 Å². The molecule has 0 fully saturated rings. The van der Waals surface area contributed by atoms with E-state index in [0.717, 1.165) is 18.0 Å². The van der Waals surface area contributed by atoms with E-state index in [1.165, 1.54) is 5.56 Å². The molecule has 0 unspecified atom stereocenters. The molecule has 2 aromatic rings. The minimum absolute atomic E-state index is 0.389. The SMILES string of the molecule is Cc1cccc(OCCn2cncc2C(C)(C)N)c1. The Kier molecular flexibility index (Phi) is 3.90. The van der Waals surface area contributed by atoms with Gasteiger partial charge in [-0.15, -0.1) is 0 Å². The first-order chi connectivity index (χ1) is 8.97. The Labute approximate surface area is 114 Å². The Balaban J connectivity index is 1.95. The molecule has 0 aliphatic carbocycles. The van der Waals surface area contributed by atoms with Crippen molar-refractivity contribution in [3.8, 4) is 5.75 Å². The van der Waals surface area contributed by atoms with Gasteiger partial charge in [-0.05, 0) is 38.5 Å². The van der Waals surface area contributed by atoms with Crippen LogP contribution in [0, 0.1) is 6.92 Å². The summed E-state index contributed by atoms with van der Waals surface area (Å²) in [5, 5.41) is 0. The Morgan fingerprint density at radius 3 is 2.84 bits per heavy atom. The summed E-state index contributed by atoms with van der Waals surface area (Å²) in [5.41, 5.74) is 7.93. The van der Waals surface area contributed by atoms with Crippen molar-refractivity contribution >= 4 is 0 Å². The molecule has 0 saturated heterocycles. The standard InChI is InChI=1S/C15H21N3O/c1-12-5-4-6-13(9-12)19-8-7-18-11-17-10-14(18)15(2,3)16/h4-6,9-11H,7-8,16H2,1-3H3. The first kappa shape index (κ1) is 13.6. The number of hydrogen-bond donors (Lipinski definition) is 1. The molecule has 0 saturated carbocycles. The molecule has 4 heteroatoms. The average Bonchev–Trinajstić information content (AvgIpc) is 2.77. The molecular weight excluding hydrogens is 238 g/mol. The van der Waals surface area contributed by atoms with Crippen LogP contribution in [0.4, 0.5) is 0 Å². The molecule has 0 aliphatic rings. The number of imidazole rings is 1. The normalized spacial score (nSPS) is 11.6. The predicted molar refractivity (Wildman–Crippen MR) is 76.1 cm³/mol. The average molecular weight is 259 g/mol. The third-order valence-electron chi connectivity index (χ3n) is 2.96. The summed E-state index contributed by atoms with van der Waals surface area (Å²) >= 11 is 0. The van der Waals surface area contributed by atoms with E-state index in [1.54, 1.807) is 6.33 Å². The van der Waals surface area contributed by atoms with Crippen molar-refractivity contribution in [2.75, 3.05) is 6.61 Å². The highest BCUT2D eigenvalue weighted by Crippen LogP contribution is 2.16. The number of ether oxygens (including phenoxy) is 1. The van der Waals surface area contributed by atoms with Gasteiger partial charge in [-0.1, -0.05) is 12.1 Å². The van der Waals surface area contributed by atoms with Gasteiger partial charge in [0, 0.05) is 6.20 Å². The topological polar surface area (TPSA) is 53.1 Å². The number of nitrogens with two attached hydrogens (primary N) is 1. The fourth-order valence-corrected chi connectivity index (χ4v) is 2.00. The first-order valence-electron chi connectivity index (χ1n) is 6.46. The molecule has 1 aromatic heterocycles. The maximum absolute atomic E-state index is 6.10. The molecule has 0 aliphatic heterocycles. The van der Waals surface area contributed by atoms with Crippen LogP contribution in [0.2, 0.25) is 0 Å². The summed E-state index contributed by atoms with van der Waals surface area (Å²) in [6, 6.07) is 8.05. The van der Waals surface area contributed by atoms with E-state index in [-0.39, 0.29) is 5.54 Å². The fourth-order valence-electron chi connectivity index (χ4n) is 2.00. The van der Waals surface area contributed by atoms with Gasteiger partial charge in [0.1, 0.15) is 12.4 Å². The number of nitrogens with zero attached hydrogens (tertiary/aromatic N) is 2. The molecular formula is C15H21N3O. The lowest BCUT2D eigenvalue weighted by molar-refractivity contribution is 0.292. The number of aryl methyl sites for hydroxylation is 1. The summed E-state index contributed by atoms with van der Waals surface area (Å²) in [4.78, 5) is 4.16. The molecule has 0 amide bonds. The Hall–Kier alpha value is -1.81. The molecule has 1 heterocycles. The molecule has 0 atom stereocenters. The smallest absolute Gasteiger partial charge is 0.119 e. The summed E-state index contributed by atoms with van der Waals surface area (Å²) in [6.45, 7) is 7.34. The van der Waals surface area contributed by atoms with Crippen LogP contribution in [0.1, 0.15) is 25.1 Å². The molecule has 4 nitrogen and oxygen atoms in total. The van der Waals surface area contributed by atoms with E-state index in [1.807, 2.05) is 42.8 Å². The summed E-state index contributed by atoms with van der Waals surface area (Å²) < 4.78 is 7.78. The number of hydrogen-bond acceptors (Lipinski definition) is 3. The number of aromatic nitrogens is 2. The number of rotatable bonds is 5. The highest BCUT2D eigenvalue weighted by Gasteiger charge is 2.18. The summed E-state index contributed by atoms with van der Waals surface area (Å²) in [7, 11) is 0. The number of benzene rings is 1. The zero-order chi connectivity index (χ0) is 13.9. The molecule has 102 valence electrons. The highest BCUT2D eigenvalue weighted by atomic mass is 16.5. The van der Waals surface area contributed by atoms with E-state index in [9.17, 15) is 0 Å². The van der Waals surface area contributed by atoms with E-state index >= 15 is 0 Å². The second-order valence-electron chi connectivity index (χ2n) is 5.36. The second kappa shape index (κ2) is 5.45. The van der Waals surface area contributed by atoms with Gasteiger partial charge in [-0.2, -0.15) is 0 Å². The first-order valence-corrected chi connectivity index (χ1v) is 6.46. The quantitative estimate of drug-likeness (QED) is 0.897. The van der Waals surface area contributed by atoms with Crippen molar-refractivity contribution in [2.24, 2.45) is 5.73 Å². The van der Waals surface area contributed by atoms with E-state index in [2.05, 4.69) is 18.0 Å². The summed E-state index contributed by atoms with van der Waals surface area (Å²) in [5.74, 6) is 0.897. The predicted octanol–water partition coefficient (Wildman–Crippen LogP) is 2.46. The minimum atomic E-state index is -0.389. The second-order valence-corrected chi connectivity index (χ2v) is 5.36. The van der Waals surface area contributed by atoms with Crippen molar-refractivity contribution in [1.82, 2.24) is 9.55 Å². The highest BCUT2D eigenvalue weighted by molar-refractivity contribution is 5.27. The Morgan fingerprint density at radius 2 is 2.16 bits per heavy atom. The molecule has 2 N–H and O–H groups in total. The van der Waals surface area contributed by atoms with Gasteiger partial charge in [0.2, 0.25) is 0 Å². The molecule has 19 heavy (non-hydrogen) atoms. The van der Waals surface area contributed by atoms with Crippen molar-refractivity contribution in [1.29, 1.82) is 0 Å². The fraction of sp³-hybridized carbons (Fsp3) is 0.400. The lowest BCUT2D eigenvalue weighted by Gasteiger charge is -2.20. The monoisotopic (exact) mass is 259 g/mol. The van der Waals surface area contributed by atoms with E-state index in [4.69, 9.17) is 10.5 Å². The molecule has 0 spiro atoms. The van der Waals surface area contributed by atoms with Gasteiger partial charge in [0.15, 0.2) is 0 Å². The third-order valence-corrected chi connectivity index (χ3v) is 2.96. The van der Waals surface area contributed by atoms with E-state index in [0.29, 0.717) is 6.61 Å². The lowest BCUT2D eigenvalue weighted by atomic mass is 10.0. The Bertz CT molecular complexity index is 540. The van der Waals surface area contributed by atoms with E-state index < -0.39 is 0 Å². The minimum Gasteiger partial charge on any atom is -0.492 e.